The predicted molar refractivity (Wildman–Crippen MR) is 117 cm³/mol. The van der Waals surface area contributed by atoms with E-state index in [0.717, 1.165) is 41.7 Å². The van der Waals surface area contributed by atoms with Crippen LogP contribution in [0.1, 0.15) is 40.8 Å². The number of ether oxygens (including phenoxy) is 1. The van der Waals surface area contributed by atoms with E-state index in [9.17, 15) is 14.9 Å². The maximum Gasteiger partial charge on any atom is 0.331 e. The molecule has 7 heteroatoms. The Kier molecular flexibility index (Phi) is 7.50. The average Bonchev–Trinajstić information content (AvgIpc) is 2.89. The number of carbonyl (C=O) groups excluding carboxylic acids is 2. The van der Waals surface area contributed by atoms with E-state index in [1.54, 1.807) is 17.8 Å². The Morgan fingerprint density at radius 3 is 2.72 bits per heavy atom. The summed E-state index contributed by atoms with van der Waals surface area (Å²) in [5, 5.41) is 12.8. The molecule has 1 N–H and O–H groups in total. The molecule has 1 aromatic carbocycles. The van der Waals surface area contributed by atoms with Crippen LogP contribution in [0.15, 0.2) is 35.2 Å². The molecule has 0 saturated heterocycles. The maximum absolute atomic E-state index is 12.2. The summed E-state index contributed by atoms with van der Waals surface area (Å²) >= 11 is 3.11. The highest BCUT2D eigenvalue weighted by atomic mass is 32.2. The Morgan fingerprint density at radius 1 is 1.24 bits per heavy atom. The van der Waals surface area contributed by atoms with Crippen molar-refractivity contribution in [3.05, 3.63) is 51.9 Å². The summed E-state index contributed by atoms with van der Waals surface area (Å²) in [6.45, 7) is -0.387. The monoisotopic (exact) mass is 426 g/mol. The number of esters is 1. The molecule has 0 aliphatic heterocycles. The summed E-state index contributed by atoms with van der Waals surface area (Å²) in [4.78, 5) is 26.4. The molecular formula is C22H22N2O3S2. The average molecular weight is 427 g/mol. The van der Waals surface area contributed by atoms with Gasteiger partial charge in [-0.25, -0.2) is 4.79 Å². The number of amides is 1. The van der Waals surface area contributed by atoms with Gasteiger partial charge in [-0.05, 0) is 61.3 Å². The van der Waals surface area contributed by atoms with Crippen LogP contribution >= 0.6 is 23.1 Å². The molecule has 0 bridgehead atoms. The first-order chi connectivity index (χ1) is 14.1. The molecule has 1 aromatic heterocycles. The number of hydrogen-bond donors (Lipinski definition) is 1. The Balaban J connectivity index is 1.54. The molecule has 1 aliphatic rings. The number of rotatable bonds is 6. The van der Waals surface area contributed by atoms with Crippen LogP contribution in [0.2, 0.25) is 0 Å². The SMILES string of the molecule is CSc1ccc(/C=C/C(=O)OCC(=O)Nc2sc3c(c2C#N)CCCCC3)cc1. The zero-order chi connectivity index (χ0) is 20.6. The molecule has 0 spiro atoms. The van der Waals surface area contributed by atoms with E-state index in [0.29, 0.717) is 10.6 Å². The lowest BCUT2D eigenvalue weighted by molar-refractivity contribution is -0.142. The molecular weight excluding hydrogens is 404 g/mol. The first kappa shape index (κ1) is 21.2. The number of hydrogen-bond acceptors (Lipinski definition) is 6. The summed E-state index contributed by atoms with van der Waals surface area (Å²) in [7, 11) is 0. The largest absolute Gasteiger partial charge is 0.452 e. The summed E-state index contributed by atoms with van der Waals surface area (Å²) in [5.41, 5.74) is 2.50. The van der Waals surface area contributed by atoms with Crippen molar-refractivity contribution in [3.8, 4) is 6.07 Å². The molecule has 0 radical (unpaired) electrons. The second-order valence-corrected chi connectivity index (χ2v) is 8.63. The number of nitrogens with one attached hydrogen (secondary N) is 1. The van der Waals surface area contributed by atoms with Crippen molar-refractivity contribution in [2.75, 3.05) is 18.2 Å². The molecule has 150 valence electrons. The summed E-state index contributed by atoms with van der Waals surface area (Å²) in [6.07, 6.45) is 10.1. The molecule has 0 fully saturated rings. The van der Waals surface area contributed by atoms with Gasteiger partial charge in [-0.1, -0.05) is 18.6 Å². The van der Waals surface area contributed by atoms with E-state index in [4.69, 9.17) is 4.74 Å². The van der Waals surface area contributed by atoms with Gasteiger partial charge in [0.1, 0.15) is 11.1 Å². The topological polar surface area (TPSA) is 79.2 Å². The number of anilines is 1. The lowest BCUT2D eigenvalue weighted by atomic mass is 10.1. The van der Waals surface area contributed by atoms with E-state index in [2.05, 4.69) is 11.4 Å². The molecule has 0 unspecified atom stereocenters. The first-order valence-electron chi connectivity index (χ1n) is 9.44. The molecule has 5 nitrogen and oxygen atoms in total. The van der Waals surface area contributed by atoms with Gasteiger partial charge in [0, 0.05) is 15.8 Å². The van der Waals surface area contributed by atoms with Crippen LogP contribution in [-0.2, 0) is 27.2 Å². The third-order valence-electron chi connectivity index (χ3n) is 4.66. The van der Waals surface area contributed by atoms with Gasteiger partial charge in [-0.15, -0.1) is 23.1 Å². The van der Waals surface area contributed by atoms with Gasteiger partial charge in [0.05, 0.1) is 5.56 Å². The van der Waals surface area contributed by atoms with Crippen molar-refractivity contribution >= 4 is 46.1 Å². The smallest absolute Gasteiger partial charge is 0.331 e. The first-order valence-corrected chi connectivity index (χ1v) is 11.5. The van der Waals surface area contributed by atoms with Gasteiger partial charge >= 0.3 is 5.97 Å². The van der Waals surface area contributed by atoms with E-state index in [1.165, 1.54) is 28.7 Å². The maximum atomic E-state index is 12.2. The van der Waals surface area contributed by atoms with Crippen molar-refractivity contribution in [1.29, 1.82) is 5.26 Å². The van der Waals surface area contributed by atoms with Crippen LogP contribution in [0.3, 0.4) is 0 Å². The Bertz CT molecular complexity index is 956. The molecule has 0 saturated carbocycles. The number of thiophene rings is 1. The van der Waals surface area contributed by atoms with Crippen LogP contribution in [-0.4, -0.2) is 24.7 Å². The number of fused-ring (bicyclic) bond motifs is 1. The van der Waals surface area contributed by atoms with Crippen molar-refractivity contribution in [2.45, 2.75) is 37.0 Å². The third kappa shape index (κ3) is 5.72. The minimum absolute atomic E-state index is 0.387. The molecule has 1 heterocycles. The van der Waals surface area contributed by atoms with Gasteiger partial charge in [-0.3, -0.25) is 4.79 Å². The van der Waals surface area contributed by atoms with Crippen LogP contribution in [0, 0.1) is 11.3 Å². The highest BCUT2D eigenvalue weighted by molar-refractivity contribution is 7.98. The molecule has 1 aliphatic carbocycles. The van der Waals surface area contributed by atoms with Crippen molar-refractivity contribution in [1.82, 2.24) is 0 Å². The number of aryl methyl sites for hydroxylation is 1. The zero-order valence-electron chi connectivity index (χ0n) is 16.2. The van der Waals surface area contributed by atoms with Crippen molar-refractivity contribution < 1.29 is 14.3 Å². The number of nitrogens with zero attached hydrogens (tertiary/aromatic N) is 1. The standard InChI is InChI=1S/C22H22N2O3S2/c1-28-16-10-7-15(8-11-16)9-12-21(26)27-14-20(25)24-22-18(13-23)17-5-3-2-4-6-19(17)29-22/h7-12H,2-6,14H2,1H3,(H,24,25)/b12-9+. The number of nitriles is 1. The predicted octanol–water partition coefficient (Wildman–Crippen LogP) is 4.81. The van der Waals surface area contributed by atoms with Gasteiger partial charge in [0.25, 0.3) is 5.91 Å². The highest BCUT2D eigenvalue weighted by Crippen LogP contribution is 2.36. The van der Waals surface area contributed by atoms with Crippen molar-refractivity contribution in [3.63, 3.8) is 0 Å². The molecule has 2 aromatic rings. The third-order valence-corrected chi connectivity index (χ3v) is 6.61. The fraction of sp³-hybridized carbons (Fsp3) is 0.318. The van der Waals surface area contributed by atoms with E-state index in [-0.39, 0.29) is 6.61 Å². The summed E-state index contributed by atoms with van der Waals surface area (Å²) < 4.78 is 5.02. The minimum Gasteiger partial charge on any atom is -0.452 e. The van der Waals surface area contributed by atoms with E-state index >= 15 is 0 Å². The van der Waals surface area contributed by atoms with Gasteiger partial charge in [-0.2, -0.15) is 5.26 Å². The number of benzene rings is 1. The van der Waals surface area contributed by atoms with E-state index in [1.807, 2.05) is 30.5 Å². The van der Waals surface area contributed by atoms with Crippen LogP contribution < -0.4 is 5.32 Å². The second-order valence-electron chi connectivity index (χ2n) is 6.64. The van der Waals surface area contributed by atoms with Crippen molar-refractivity contribution in [2.24, 2.45) is 0 Å². The fourth-order valence-corrected chi connectivity index (χ4v) is 4.84. The Hall–Kier alpha value is -2.56. The number of thioether (sulfide) groups is 1. The molecule has 3 rings (SSSR count). The van der Waals surface area contributed by atoms with Crippen LogP contribution in [0.5, 0.6) is 0 Å². The van der Waals surface area contributed by atoms with Gasteiger partial charge in [0.2, 0.25) is 0 Å². The summed E-state index contributed by atoms with van der Waals surface area (Å²) in [6, 6.07) is 9.98. The molecule has 0 atom stereocenters. The molecule has 1 amide bonds. The minimum atomic E-state index is -0.587. The Labute approximate surface area is 178 Å². The molecule has 29 heavy (non-hydrogen) atoms. The second kappa shape index (κ2) is 10.3. The van der Waals surface area contributed by atoms with Crippen LogP contribution in [0.4, 0.5) is 5.00 Å². The van der Waals surface area contributed by atoms with Gasteiger partial charge in [0.15, 0.2) is 6.61 Å². The summed E-state index contributed by atoms with van der Waals surface area (Å²) in [5.74, 6) is -1.03. The van der Waals surface area contributed by atoms with Crippen LogP contribution in [0.25, 0.3) is 6.08 Å². The normalized spacial score (nSPS) is 13.4. The highest BCUT2D eigenvalue weighted by Gasteiger charge is 2.21. The number of carbonyl (C=O) groups is 2. The lowest BCUT2D eigenvalue weighted by Gasteiger charge is -2.04. The lowest BCUT2D eigenvalue weighted by Crippen LogP contribution is -2.20. The Morgan fingerprint density at radius 2 is 2.00 bits per heavy atom. The van der Waals surface area contributed by atoms with Gasteiger partial charge < -0.3 is 10.1 Å². The quantitative estimate of drug-likeness (QED) is 0.310. The van der Waals surface area contributed by atoms with E-state index < -0.39 is 11.9 Å². The zero-order valence-corrected chi connectivity index (χ0v) is 17.8. The fourth-order valence-electron chi connectivity index (χ4n) is 3.18.